The second-order valence-corrected chi connectivity index (χ2v) is 8.78. The fourth-order valence-corrected chi connectivity index (χ4v) is 4.05. The van der Waals surface area contributed by atoms with Crippen molar-refractivity contribution >= 4 is 5.97 Å². The molecule has 1 aliphatic heterocycles. The summed E-state index contributed by atoms with van der Waals surface area (Å²) in [7, 11) is 3.51. The lowest BCUT2D eigenvalue weighted by molar-refractivity contribution is -0.944. The summed E-state index contributed by atoms with van der Waals surface area (Å²) in [6.45, 7) is 2.68. The van der Waals surface area contributed by atoms with Crippen molar-refractivity contribution in [3.8, 4) is 0 Å². The Kier molecular flexibility index (Phi) is 7.66. The molecule has 0 amide bonds. The van der Waals surface area contributed by atoms with Gasteiger partial charge < -0.3 is 29.9 Å². The van der Waals surface area contributed by atoms with E-state index in [4.69, 9.17) is 9.47 Å². The number of nitrogens with zero attached hydrogens (tertiary/aromatic N) is 1. The number of aliphatic hydroxyl groups excluding tert-OH is 3. The molecule has 2 aromatic rings. The largest absolute Gasteiger partial charge is 0.479 e. The van der Waals surface area contributed by atoms with E-state index in [1.807, 2.05) is 61.5 Å². The van der Waals surface area contributed by atoms with Gasteiger partial charge in [0.1, 0.15) is 24.9 Å². The molecule has 3 rings (SSSR count). The first-order valence-electron chi connectivity index (χ1n) is 10.6. The number of likely N-dealkylation sites (N-methyl/N-ethyl adjacent to an activating group) is 1. The summed E-state index contributed by atoms with van der Waals surface area (Å²) in [5, 5.41) is 39.9. The molecule has 0 saturated carbocycles. The van der Waals surface area contributed by atoms with Crippen molar-refractivity contribution in [3.63, 3.8) is 0 Å². The SMILES string of the molecule is Cc1ccccc1C(OCC[N+](C)(C)C1OC(C(=O)O)C(O)C(O)C1O)c1ccccc1. The Morgan fingerprint density at radius 2 is 1.62 bits per heavy atom. The summed E-state index contributed by atoms with van der Waals surface area (Å²) in [6, 6.07) is 17.8. The number of aliphatic carboxylic acids is 1. The van der Waals surface area contributed by atoms with Crippen LogP contribution in [0.15, 0.2) is 54.6 Å². The maximum Gasteiger partial charge on any atom is 0.335 e. The van der Waals surface area contributed by atoms with Gasteiger partial charge in [0.05, 0.1) is 20.7 Å². The fourth-order valence-electron chi connectivity index (χ4n) is 4.05. The fraction of sp³-hybridized carbons (Fsp3) is 0.458. The second kappa shape index (κ2) is 10.1. The van der Waals surface area contributed by atoms with Gasteiger partial charge in [0, 0.05) is 0 Å². The number of quaternary nitrogens is 1. The number of aliphatic hydroxyl groups is 3. The Bertz CT molecular complexity index is 904. The van der Waals surface area contributed by atoms with E-state index in [0.29, 0.717) is 6.54 Å². The normalized spacial score (nSPS) is 27.1. The summed E-state index contributed by atoms with van der Waals surface area (Å²) >= 11 is 0. The first kappa shape index (κ1) is 24.3. The summed E-state index contributed by atoms with van der Waals surface area (Å²) in [4.78, 5) is 11.4. The third-order valence-electron chi connectivity index (χ3n) is 6.05. The van der Waals surface area contributed by atoms with Crippen LogP contribution in [0.5, 0.6) is 0 Å². The number of benzene rings is 2. The number of hydrogen-bond acceptors (Lipinski definition) is 6. The van der Waals surface area contributed by atoms with Gasteiger partial charge in [-0.15, -0.1) is 0 Å². The third kappa shape index (κ3) is 5.17. The van der Waals surface area contributed by atoms with Crippen LogP contribution in [0.1, 0.15) is 22.8 Å². The molecule has 8 nitrogen and oxygen atoms in total. The molecule has 0 radical (unpaired) electrons. The van der Waals surface area contributed by atoms with Gasteiger partial charge in [-0.1, -0.05) is 54.6 Å². The molecule has 6 unspecified atom stereocenters. The first-order chi connectivity index (χ1) is 15.1. The zero-order chi connectivity index (χ0) is 23.5. The van der Waals surface area contributed by atoms with Crippen molar-refractivity contribution in [2.75, 3.05) is 27.2 Å². The van der Waals surface area contributed by atoms with E-state index in [2.05, 4.69) is 0 Å². The molecule has 0 aliphatic carbocycles. The lowest BCUT2D eigenvalue weighted by Crippen LogP contribution is -2.68. The Morgan fingerprint density at radius 1 is 1.00 bits per heavy atom. The standard InChI is InChI=1S/C24H31NO7/c1-15-9-7-8-12-17(15)21(16-10-5-4-6-11-16)31-14-13-25(2,3)23-20(28)18(26)19(27)22(32-23)24(29)30/h4-12,18-23,26-28H,13-14H2,1-3H3/p+1. The molecular weight excluding hydrogens is 414 g/mol. The van der Waals surface area contributed by atoms with Gasteiger partial charge in [-0.05, 0) is 23.6 Å². The predicted octanol–water partition coefficient (Wildman–Crippen LogP) is 1.07. The molecule has 8 heteroatoms. The number of rotatable bonds is 8. The Labute approximate surface area is 187 Å². The zero-order valence-corrected chi connectivity index (χ0v) is 18.5. The maximum atomic E-state index is 11.4. The van der Waals surface area contributed by atoms with Crippen LogP contribution in [0.4, 0.5) is 0 Å². The molecule has 2 aromatic carbocycles. The lowest BCUT2D eigenvalue weighted by Gasteiger charge is -2.46. The molecule has 0 bridgehead atoms. The number of carboxylic acid groups (broad SMARTS) is 1. The molecule has 1 saturated heterocycles. The highest BCUT2D eigenvalue weighted by Gasteiger charge is 2.52. The van der Waals surface area contributed by atoms with Gasteiger partial charge in [-0.2, -0.15) is 0 Å². The van der Waals surface area contributed by atoms with Gasteiger partial charge >= 0.3 is 5.97 Å². The summed E-state index contributed by atoms with van der Waals surface area (Å²) in [6.07, 6.45) is -7.76. The third-order valence-corrected chi connectivity index (χ3v) is 6.05. The average Bonchev–Trinajstić information content (AvgIpc) is 2.76. The van der Waals surface area contributed by atoms with Crippen molar-refractivity contribution < 1.29 is 39.2 Å². The van der Waals surface area contributed by atoms with E-state index in [0.717, 1.165) is 16.7 Å². The van der Waals surface area contributed by atoms with Crippen molar-refractivity contribution in [1.82, 2.24) is 0 Å². The molecule has 1 fully saturated rings. The zero-order valence-electron chi connectivity index (χ0n) is 18.5. The van der Waals surface area contributed by atoms with Crippen molar-refractivity contribution in [2.24, 2.45) is 0 Å². The van der Waals surface area contributed by atoms with Crippen LogP contribution in [-0.4, -0.2) is 88.8 Å². The molecule has 1 heterocycles. The van der Waals surface area contributed by atoms with Gasteiger partial charge in [-0.3, -0.25) is 4.48 Å². The van der Waals surface area contributed by atoms with Gasteiger partial charge in [0.15, 0.2) is 12.2 Å². The van der Waals surface area contributed by atoms with E-state index >= 15 is 0 Å². The van der Waals surface area contributed by atoms with Crippen LogP contribution in [0, 0.1) is 6.92 Å². The van der Waals surface area contributed by atoms with Crippen LogP contribution >= 0.6 is 0 Å². The quantitative estimate of drug-likeness (QED) is 0.448. The van der Waals surface area contributed by atoms with E-state index in [-0.39, 0.29) is 17.2 Å². The first-order valence-corrected chi connectivity index (χ1v) is 10.6. The van der Waals surface area contributed by atoms with Gasteiger partial charge in [0.2, 0.25) is 6.23 Å². The number of carbonyl (C=O) groups is 1. The Balaban J connectivity index is 1.75. The molecular formula is C24H32NO7+. The summed E-state index contributed by atoms with van der Waals surface area (Å²) in [5.74, 6) is -1.40. The molecule has 0 aromatic heterocycles. The topological polar surface area (TPSA) is 116 Å². The van der Waals surface area contributed by atoms with Crippen molar-refractivity contribution in [1.29, 1.82) is 0 Å². The van der Waals surface area contributed by atoms with Crippen LogP contribution in [0.3, 0.4) is 0 Å². The smallest absolute Gasteiger partial charge is 0.335 e. The number of hydrogen-bond donors (Lipinski definition) is 4. The van der Waals surface area contributed by atoms with E-state index < -0.39 is 36.6 Å². The molecule has 174 valence electrons. The molecule has 4 N–H and O–H groups in total. The van der Waals surface area contributed by atoms with Crippen LogP contribution in [0.25, 0.3) is 0 Å². The monoisotopic (exact) mass is 446 g/mol. The van der Waals surface area contributed by atoms with Crippen LogP contribution in [-0.2, 0) is 14.3 Å². The Morgan fingerprint density at radius 3 is 2.25 bits per heavy atom. The highest BCUT2D eigenvalue weighted by molar-refractivity contribution is 5.73. The number of carboxylic acids is 1. The minimum absolute atomic E-state index is 0.0318. The highest BCUT2D eigenvalue weighted by atomic mass is 16.6. The van der Waals surface area contributed by atoms with Crippen LogP contribution < -0.4 is 0 Å². The average molecular weight is 447 g/mol. The Hall–Kier alpha value is -2.33. The second-order valence-electron chi connectivity index (χ2n) is 8.78. The maximum absolute atomic E-state index is 11.4. The predicted molar refractivity (Wildman–Crippen MR) is 117 cm³/mol. The summed E-state index contributed by atoms with van der Waals surface area (Å²) < 4.78 is 11.8. The van der Waals surface area contributed by atoms with E-state index in [1.54, 1.807) is 14.1 Å². The molecule has 1 aliphatic rings. The van der Waals surface area contributed by atoms with Crippen molar-refractivity contribution in [3.05, 3.63) is 71.3 Å². The number of aryl methyl sites for hydroxylation is 1. The molecule has 6 atom stereocenters. The van der Waals surface area contributed by atoms with Crippen LogP contribution in [0.2, 0.25) is 0 Å². The minimum atomic E-state index is -1.71. The minimum Gasteiger partial charge on any atom is -0.479 e. The van der Waals surface area contributed by atoms with Gasteiger partial charge in [-0.25, -0.2) is 4.79 Å². The summed E-state index contributed by atoms with van der Waals surface area (Å²) in [5.41, 5.74) is 3.15. The van der Waals surface area contributed by atoms with E-state index in [1.165, 1.54) is 0 Å². The lowest BCUT2D eigenvalue weighted by atomic mass is 9.96. The molecule has 0 spiro atoms. The van der Waals surface area contributed by atoms with Gasteiger partial charge in [0.25, 0.3) is 0 Å². The van der Waals surface area contributed by atoms with Crippen molar-refractivity contribution in [2.45, 2.75) is 43.7 Å². The number of ether oxygens (including phenoxy) is 2. The van der Waals surface area contributed by atoms with E-state index in [9.17, 15) is 25.2 Å². The molecule has 32 heavy (non-hydrogen) atoms. The highest BCUT2D eigenvalue weighted by Crippen LogP contribution is 2.30.